The molecule has 0 spiro atoms. The van der Waals surface area contributed by atoms with E-state index in [2.05, 4.69) is 11.8 Å². The molecule has 2 heteroatoms. The van der Waals surface area contributed by atoms with Crippen LogP contribution in [0, 0.1) is 5.92 Å². The van der Waals surface area contributed by atoms with Crippen molar-refractivity contribution in [2.45, 2.75) is 32.2 Å². The van der Waals surface area contributed by atoms with Gasteiger partial charge in [0.25, 0.3) is 0 Å². The zero-order valence-corrected chi connectivity index (χ0v) is 7.05. The average molecular weight is 153 g/mol. The molecule has 2 rings (SSSR count). The Balaban J connectivity index is 2.11. The van der Waals surface area contributed by atoms with E-state index in [0.29, 0.717) is 17.7 Å². The molecule has 2 atom stereocenters. The predicted molar refractivity (Wildman–Crippen MR) is 43.4 cm³/mol. The van der Waals surface area contributed by atoms with E-state index in [1.54, 1.807) is 0 Å². The molecule has 2 nitrogen and oxygen atoms in total. The lowest BCUT2D eigenvalue weighted by molar-refractivity contribution is -0.127. The first-order valence-electron chi connectivity index (χ1n) is 4.56. The highest BCUT2D eigenvalue weighted by Gasteiger charge is 2.36. The summed E-state index contributed by atoms with van der Waals surface area (Å²) < 4.78 is 0. The van der Waals surface area contributed by atoms with Crippen LogP contribution in [-0.2, 0) is 4.79 Å². The van der Waals surface area contributed by atoms with Crippen LogP contribution >= 0.6 is 0 Å². The Hall–Kier alpha value is -0.370. The van der Waals surface area contributed by atoms with Crippen LogP contribution in [0.3, 0.4) is 0 Å². The van der Waals surface area contributed by atoms with Crippen LogP contribution in [0.4, 0.5) is 0 Å². The maximum absolute atomic E-state index is 11.3. The van der Waals surface area contributed by atoms with Gasteiger partial charge < -0.3 is 0 Å². The molecule has 0 aromatic carbocycles. The summed E-state index contributed by atoms with van der Waals surface area (Å²) >= 11 is 0. The van der Waals surface area contributed by atoms with E-state index in [1.165, 1.54) is 19.4 Å². The Kier molecular flexibility index (Phi) is 1.72. The topological polar surface area (TPSA) is 20.3 Å². The third-order valence-electron chi connectivity index (χ3n) is 3.14. The zero-order valence-electron chi connectivity index (χ0n) is 7.05. The van der Waals surface area contributed by atoms with Gasteiger partial charge in [-0.1, -0.05) is 6.92 Å². The maximum Gasteiger partial charge on any atom is 0.138 e. The van der Waals surface area contributed by atoms with E-state index in [4.69, 9.17) is 0 Å². The number of Topliss-reactive ketones (excluding diaryl/α,β-unsaturated/α-hetero) is 1. The smallest absolute Gasteiger partial charge is 0.138 e. The average Bonchev–Trinajstić information content (AvgIpc) is 2.45. The number of fused-ring (bicyclic) bond motifs is 1. The van der Waals surface area contributed by atoms with E-state index < -0.39 is 0 Å². The molecule has 11 heavy (non-hydrogen) atoms. The molecule has 0 bridgehead atoms. The number of rotatable bonds is 0. The molecule has 2 fully saturated rings. The fourth-order valence-corrected chi connectivity index (χ4v) is 2.39. The summed E-state index contributed by atoms with van der Waals surface area (Å²) in [6.07, 6.45) is 3.33. The Bertz CT molecular complexity index is 178. The van der Waals surface area contributed by atoms with Gasteiger partial charge in [0.2, 0.25) is 0 Å². The van der Waals surface area contributed by atoms with Crippen molar-refractivity contribution in [2.24, 2.45) is 5.92 Å². The van der Waals surface area contributed by atoms with Gasteiger partial charge in [0.05, 0.1) is 0 Å². The molecule has 2 heterocycles. The molecule has 0 aromatic rings. The first-order chi connectivity index (χ1) is 5.29. The monoisotopic (exact) mass is 153 g/mol. The molecule has 0 radical (unpaired) electrons. The highest BCUT2D eigenvalue weighted by molar-refractivity contribution is 5.82. The van der Waals surface area contributed by atoms with Gasteiger partial charge in [0.1, 0.15) is 5.78 Å². The molecule has 0 aliphatic carbocycles. The lowest BCUT2D eigenvalue weighted by Crippen LogP contribution is -2.44. The zero-order chi connectivity index (χ0) is 7.84. The summed E-state index contributed by atoms with van der Waals surface area (Å²) in [5, 5.41) is 0. The van der Waals surface area contributed by atoms with Crippen molar-refractivity contribution in [1.29, 1.82) is 0 Å². The van der Waals surface area contributed by atoms with E-state index in [1.807, 2.05) is 0 Å². The van der Waals surface area contributed by atoms with Crippen molar-refractivity contribution in [1.82, 2.24) is 4.90 Å². The van der Waals surface area contributed by atoms with E-state index >= 15 is 0 Å². The van der Waals surface area contributed by atoms with Gasteiger partial charge in [-0.25, -0.2) is 0 Å². The van der Waals surface area contributed by atoms with Crippen LogP contribution in [0.15, 0.2) is 0 Å². The van der Waals surface area contributed by atoms with Crippen molar-refractivity contribution < 1.29 is 4.79 Å². The summed E-state index contributed by atoms with van der Waals surface area (Å²) in [6.45, 7) is 4.33. The second-order valence-corrected chi connectivity index (χ2v) is 3.75. The van der Waals surface area contributed by atoms with E-state index in [9.17, 15) is 4.79 Å². The first kappa shape index (κ1) is 7.29. The third kappa shape index (κ3) is 1.09. The summed E-state index contributed by atoms with van der Waals surface area (Å²) in [7, 11) is 0. The molecule has 0 N–H and O–H groups in total. The van der Waals surface area contributed by atoms with Gasteiger partial charge in [-0.2, -0.15) is 0 Å². The number of ketones is 1. The van der Waals surface area contributed by atoms with Crippen LogP contribution in [0.25, 0.3) is 0 Å². The third-order valence-corrected chi connectivity index (χ3v) is 3.14. The summed E-state index contributed by atoms with van der Waals surface area (Å²) in [4.78, 5) is 13.8. The van der Waals surface area contributed by atoms with Gasteiger partial charge in [-0.3, -0.25) is 9.69 Å². The quantitative estimate of drug-likeness (QED) is 0.518. The number of carbonyl (C=O) groups is 1. The minimum atomic E-state index is 0.311. The highest BCUT2D eigenvalue weighted by atomic mass is 16.1. The largest absolute Gasteiger partial charge is 0.299 e. The normalized spacial score (nSPS) is 39.2. The molecule has 0 aromatic heterocycles. The minimum Gasteiger partial charge on any atom is -0.299 e. The molecule has 0 amide bonds. The molecule has 2 aliphatic rings. The number of nitrogens with zero attached hydrogens (tertiary/aromatic N) is 1. The molecule has 2 unspecified atom stereocenters. The van der Waals surface area contributed by atoms with Gasteiger partial charge in [-0.05, 0) is 19.4 Å². The molecule has 2 aliphatic heterocycles. The Morgan fingerprint density at radius 2 is 2.27 bits per heavy atom. The summed E-state index contributed by atoms with van der Waals surface area (Å²) in [5.41, 5.74) is 0. The lowest BCUT2D eigenvalue weighted by Gasteiger charge is -2.33. The van der Waals surface area contributed by atoms with Gasteiger partial charge in [-0.15, -0.1) is 0 Å². The number of carbonyl (C=O) groups excluding carboxylic acids is 1. The van der Waals surface area contributed by atoms with Crippen LogP contribution in [0.2, 0.25) is 0 Å². The SMILES string of the molecule is CC1C(=O)CCN2CCCC12. The second-order valence-electron chi connectivity index (χ2n) is 3.75. The second kappa shape index (κ2) is 2.59. The Labute approximate surface area is 67.6 Å². The van der Waals surface area contributed by atoms with Crippen molar-refractivity contribution in [3.63, 3.8) is 0 Å². The van der Waals surface area contributed by atoms with Crippen LogP contribution in [0.1, 0.15) is 26.2 Å². The van der Waals surface area contributed by atoms with Crippen LogP contribution in [-0.4, -0.2) is 29.8 Å². The van der Waals surface area contributed by atoms with Gasteiger partial charge in [0, 0.05) is 24.9 Å². The Morgan fingerprint density at radius 3 is 3.09 bits per heavy atom. The predicted octanol–water partition coefficient (Wildman–Crippen LogP) is 1.06. The Morgan fingerprint density at radius 1 is 1.45 bits per heavy atom. The molecule has 62 valence electrons. The molecular formula is C9H15NO. The maximum atomic E-state index is 11.3. The highest BCUT2D eigenvalue weighted by Crippen LogP contribution is 2.28. The van der Waals surface area contributed by atoms with Crippen molar-refractivity contribution in [3.05, 3.63) is 0 Å². The molecule has 0 saturated carbocycles. The van der Waals surface area contributed by atoms with E-state index in [0.717, 1.165) is 13.0 Å². The van der Waals surface area contributed by atoms with Crippen molar-refractivity contribution in [3.8, 4) is 0 Å². The summed E-state index contributed by atoms with van der Waals surface area (Å²) in [5.74, 6) is 0.791. The van der Waals surface area contributed by atoms with E-state index in [-0.39, 0.29) is 0 Å². The number of hydrogen-bond acceptors (Lipinski definition) is 2. The van der Waals surface area contributed by atoms with Crippen molar-refractivity contribution >= 4 is 5.78 Å². The fourth-order valence-electron chi connectivity index (χ4n) is 2.39. The molecular weight excluding hydrogens is 138 g/mol. The first-order valence-corrected chi connectivity index (χ1v) is 4.56. The minimum absolute atomic E-state index is 0.311. The number of hydrogen-bond donors (Lipinski definition) is 0. The van der Waals surface area contributed by atoms with Crippen LogP contribution in [0.5, 0.6) is 0 Å². The van der Waals surface area contributed by atoms with Gasteiger partial charge in [0.15, 0.2) is 0 Å². The lowest BCUT2D eigenvalue weighted by atomic mass is 9.90. The summed E-state index contributed by atoms with van der Waals surface area (Å²) in [6, 6.07) is 0.594. The van der Waals surface area contributed by atoms with Crippen molar-refractivity contribution in [2.75, 3.05) is 13.1 Å². The fraction of sp³-hybridized carbons (Fsp3) is 0.889. The standard InChI is InChI=1S/C9H15NO/c1-7-8-3-2-5-10(8)6-4-9(7)11/h7-8H,2-6H2,1H3. The van der Waals surface area contributed by atoms with Crippen LogP contribution < -0.4 is 0 Å². The molecule has 2 saturated heterocycles. The number of piperidine rings is 1. The van der Waals surface area contributed by atoms with Gasteiger partial charge >= 0.3 is 0 Å².